The molecule has 1 aliphatic rings. The number of hydrogen-bond acceptors (Lipinski definition) is 4. The number of nitrogens with zero attached hydrogens (tertiary/aromatic N) is 3. The summed E-state index contributed by atoms with van der Waals surface area (Å²) in [5, 5.41) is 8.89. The lowest BCUT2D eigenvalue weighted by atomic mass is 10.2. The van der Waals surface area contributed by atoms with Gasteiger partial charge in [-0.3, -0.25) is 9.69 Å². The van der Waals surface area contributed by atoms with Crippen molar-refractivity contribution in [3.05, 3.63) is 22.4 Å². The van der Waals surface area contributed by atoms with Crippen molar-refractivity contribution in [2.75, 3.05) is 46.8 Å². The highest BCUT2D eigenvalue weighted by molar-refractivity contribution is 7.09. The topological polar surface area (TPSA) is 60.0 Å². The molecular formula is C18H31N5OS. The van der Waals surface area contributed by atoms with E-state index < -0.39 is 0 Å². The fraction of sp³-hybridized carbons (Fsp3) is 0.667. The van der Waals surface area contributed by atoms with E-state index in [0.29, 0.717) is 6.04 Å². The third-order valence-electron chi connectivity index (χ3n) is 4.53. The highest BCUT2D eigenvalue weighted by Gasteiger charge is 2.22. The van der Waals surface area contributed by atoms with Crippen LogP contribution in [0.2, 0.25) is 0 Å². The van der Waals surface area contributed by atoms with E-state index >= 15 is 0 Å². The molecule has 1 atom stereocenters. The van der Waals surface area contributed by atoms with Crippen molar-refractivity contribution in [2.45, 2.75) is 32.2 Å². The van der Waals surface area contributed by atoms with Gasteiger partial charge in [0.2, 0.25) is 5.91 Å². The number of amides is 1. The van der Waals surface area contributed by atoms with Crippen molar-refractivity contribution < 1.29 is 4.79 Å². The molecule has 0 bridgehead atoms. The number of carbonyl (C=O) groups is 1. The number of aliphatic imine (C=N–C) groups is 1. The third kappa shape index (κ3) is 6.66. The molecule has 2 N–H and O–H groups in total. The van der Waals surface area contributed by atoms with Crippen LogP contribution >= 0.6 is 11.3 Å². The zero-order chi connectivity index (χ0) is 18.1. The number of thiophene rings is 1. The summed E-state index contributed by atoms with van der Waals surface area (Å²) in [5.41, 5.74) is 0. The van der Waals surface area contributed by atoms with Crippen LogP contribution in [0.4, 0.5) is 0 Å². The SMILES string of the molecule is CCN1CCCC1CNC(=NCC(=O)N(C)C)NCCc1cccs1. The summed E-state index contributed by atoms with van der Waals surface area (Å²) in [6, 6.07) is 4.77. The Hall–Kier alpha value is -1.60. The van der Waals surface area contributed by atoms with Crippen molar-refractivity contribution in [1.29, 1.82) is 0 Å². The van der Waals surface area contributed by atoms with Gasteiger partial charge in [0.15, 0.2) is 5.96 Å². The number of likely N-dealkylation sites (tertiary alicyclic amines) is 1. The quantitative estimate of drug-likeness (QED) is 0.540. The Morgan fingerprint density at radius 1 is 1.44 bits per heavy atom. The molecule has 0 radical (unpaired) electrons. The Bertz CT molecular complexity index is 544. The lowest BCUT2D eigenvalue weighted by molar-refractivity contribution is -0.127. The molecule has 25 heavy (non-hydrogen) atoms. The fourth-order valence-corrected chi connectivity index (χ4v) is 3.69. The predicted octanol–water partition coefficient (Wildman–Crippen LogP) is 1.40. The number of rotatable bonds is 8. The second-order valence-corrected chi connectivity index (χ2v) is 7.55. The first-order valence-electron chi connectivity index (χ1n) is 9.09. The van der Waals surface area contributed by atoms with E-state index in [1.54, 1.807) is 30.3 Å². The molecule has 1 unspecified atom stereocenters. The molecule has 1 fully saturated rings. The van der Waals surface area contributed by atoms with Gasteiger partial charge in [0.25, 0.3) is 0 Å². The van der Waals surface area contributed by atoms with Crippen molar-refractivity contribution in [3.63, 3.8) is 0 Å². The Morgan fingerprint density at radius 3 is 2.96 bits per heavy atom. The Morgan fingerprint density at radius 2 is 2.28 bits per heavy atom. The van der Waals surface area contributed by atoms with Gasteiger partial charge in [-0.25, -0.2) is 4.99 Å². The second kappa shape index (κ2) is 10.4. The number of hydrogen-bond donors (Lipinski definition) is 2. The van der Waals surface area contributed by atoms with Crippen molar-refractivity contribution in [3.8, 4) is 0 Å². The molecule has 1 aromatic rings. The number of guanidine groups is 1. The average Bonchev–Trinajstić information content (AvgIpc) is 3.27. The van der Waals surface area contributed by atoms with Crippen LogP contribution in [0.1, 0.15) is 24.6 Å². The molecule has 1 saturated heterocycles. The van der Waals surface area contributed by atoms with Crippen LogP contribution in [0.5, 0.6) is 0 Å². The predicted molar refractivity (Wildman–Crippen MR) is 105 cm³/mol. The van der Waals surface area contributed by atoms with Gasteiger partial charge in [0.1, 0.15) is 6.54 Å². The molecule has 0 saturated carbocycles. The standard InChI is InChI=1S/C18H31N5OS/c1-4-23-11-5-7-15(23)13-20-18(21-14-17(24)22(2)3)19-10-9-16-8-6-12-25-16/h6,8,12,15H,4-5,7,9-11,13-14H2,1-3H3,(H2,19,20,21). The zero-order valence-electron chi connectivity index (χ0n) is 15.6. The van der Waals surface area contributed by atoms with Crippen molar-refractivity contribution in [2.24, 2.45) is 4.99 Å². The van der Waals surface area contributed by atoms with Gasteiger partial charge in [-0.05, 0) is 43.8 Å². The van der Waals surface area contributed by atoms with Gasteiger partial charge in [0, 0.05) is 38.1 Å². The summed E-state index contributed by atoms with van der Waals surface area (Å²) in [5.74, 6) is 0.741. The Kier molecular flexibility index (Phi) is 8.21. The largest absolute Gasteiger partial charge is 0.356 e. The number of likely N-dealkylation sites (N-methyl/N-ethyl adjacent to an activating group) is 2. The van der Waals surface area contributed by atoms with E-state index in [1.165, 1.54) is 24.3 Å². The molecule has 1 aliphatic heterocycles. The maximum atomic E-state index is 11.8. The van der Waals surface area contributed by atoms with Crippen LogP contribution < -0.4 is 10.6 Å². The van der Waals surface area contributed by atoms with Crippen LogP contribution in [0.15, 0.2) is 22.5 Å². The Balaban J connectivity index is 1.86. The molecule has 0 spiro atoms. The molecule has 7 heteroatoms. The summed E-state index contributed by atoms with van der Waals surface area (Å²) in [7, 11) is 3.51. The normalized spacial score (nSPS) is 18.4. The molecule has 0 aromatic carbocycles. The van der Waals surface area contributed by atoms with Crippen molar-refractivity contribution in [1.82, 2.24) is 20.4 Å². The van der Waals surface area contributed by atoms with E-state index in [2.05, 4.69) is 45.0 Å². The number of carbonyl (C=O) groups excluding carboxylic acids is 1. The minimum absolute atomic E-state index is 0.00964. The molecule has 1 aromatic heterocycles. The molecular weight excluding hydrogens is 334 g/mol. The molecule has 0 aliphatic carbocycles. The number of nitrogens with one attached hydrogen (secondary N) is 2. The first-order valence-corrected chi connectivity index (χ1v) is 9.97. The van der Waals surface area contributed by atoms with E-state index in [4.69, 9.17) is 0 Å². The van der Waals surface area contributed by atoms with Gasteiger partial charge in [-0.1, -0.05) is 13.0 Å². The summed E-state index contributed by atoms with van der Waals surface area (Å²) >= 11 is 1.77. The van der Waals surface area contributed by atoms with E-state index in [1.807, 2.05) is 0 Å². The van der Waals surface area contributed by atoms with Crippen LogP contribution in [-0.4, -0.2) is 74.5 Å². The smallest absolute Gasteiger partial charge is 0.243 e. The lowest BCUT2D eigenvalue weighted by Crippen LogP contribution is -2.45. The van der Waals surface area contributed by atoms with Gasteiger partial charge >= 0.3 is 0 Å². The van der Waals surface area contributed by atoms with E-state index in [-0.39, 0.29) is 12.5 Å². The molecule has 6 nitrogen and oxygen atoms in total. The maximum absolute atomic E-state index is 11.8. The lowest BCUT2D eigenvalue weighted by Gasteiger charge is -2.24. The van der Waals surface area contributed by atoms with Gasteiger partial charge in [-0.2, -0.15) is 0 Å². The second-order valence-electron chi connectivity index (χ2n) is 6.51. The summed E-state index contributed by atoms with van der Waals surface area (Å²) in [4.78, 5) is 21.7. The van der Waals surface area contributed by atoms with Gasteiger partial charge in [-0.15, -0.1) is 11.3 Å². The highest BCUT2D eigenvalue weighted by Crippen LogP contribution is 2.15. The first-order chi connectivity index (χ1) is 12.1. The molecule has 140 valence electrons. The summed E-state index contributed by atoms with van der Waals surface area (Å²) in [6.07, 6.45) is 3.45. The molecule has 2 rings (SSSR count). The van der Waals surface area contributed by atoms with Crippen molar-refractivity contribution >= 4 is 23.2 Å². The monoisotopic (exact) mass is 365 g/mol. The van der Waals surface area contributed by atoms with Crippen LogP contribution in [0, 0.1) is 0 Å². The first kappa shape index (κ1) is 19.7. The maximum Gasteiger partial charge on any atom is 0.243 e. The van der Waals surface area contributed by atoms with Crippen LogP contribution in [-0.2, 0) is 11.2 Å². The zero-order valence-corrected chi connectivity index (χ0v) is 16.4. The Labute approximate surface area is 155 Å². The van der Waals surface area contributed by atoms with Gasteiger partial charge < -0.3 is 15.5 Å². The van der Waals surface area contributed by atoms with E-state index in [0.717, 1.165) is 32.0 Å². The fourth-order valence-electron chi connectivity index (χ4n) is 2.98. The highest BCUT2D eigenvalue weighted by atomic mass is 32.1. The average molecular weight is 366 g/mol. The van der Waals surface area contributed by atoms with Crippen LogP contribution in [0.25, 0.3) is 0 Å². The minimum atomic E-state index is 0.00964. The third-order valence-corrected chi connectivity index (χ3v) is 5.46. The van der Waals surface area contributed by atoms with E-state index in [9.17, 15) is 4.79 Å². The summed E-state index contributed by atoms with van der Waals surface area (Å²) < 4.78 is 0. The summed E-state index contributed by atoms with van der Waals surface area (Å²) in [6.45, 7) is 6.33. The van der Waals surface area contributed by atoms with Gasteiger partial charge in [0.05, 0.1) is 0 Å². The molecule has 1 amide bonds. The van der Waals surface area contributed by atoms with Crippen LogP contribution in [0.3, 0.4) is 0 Å². The molecule has 2 heterocycles. The minimum Gasteiger partial charge on any atom is -0.356 e.